The van der Waals surface area contributed by atoms with E-state index in [0.29, 0.717) is 82.5 Å². The highest BCUT2D eigenvalue weighted by Crippen LogP contribution is 2.30. The van der Waals surface area contributed by atoms with Gasteiger partial charge in [-0.25, -0.2) is 4.72 Å². The quantitative estimate of drug-likeness (QED) is 0.243. The lowest BCUT2D eigenvalue weighted by Gasteiger charge is -2.29. The van der Waals surface area contributed by atoms with Crippen LogP contribution in [0.5, 0.6) is 0 Å². The van der Waals surface area contributed by atoms with Gasteiger partial charge < -0.3 is 10.5 Å². The van der Waals surface area contributed by atoms with Crippen LogP contribution in [0.1, 0.15) is 71.2 Å². The van der Waals surface area contributed by atoms with Crippen molar-refractivity contribution in [1.29, 1.82) is 0 Å². The standard InChI is InChI=1S/C25H35N5O7S/c26-18-10-13-29(14-11-18)38(35,36)27-12-1-2-15-37-16-4-6-17-5-3-7-19-22(17)25(34)30(24(19)33)20-8-9-21(31)28-23(20)32/h3,5,7,18,20,27H,1-2,4,6,8-16,26H2,(H,28,31,32). The number of piperidine rings is 2. The lowest BCUT2D eigenvalue weighted by molar-refractivity contribution is -0.136. The first-order chi connectivity index (χ1) is 18.2. The molecule has 3 aliphatic rings. The van der Waals surface area contributed by atoms with Gasteiger partial charge in [-0.3, -0.25) is 29.4 Å². The summed E-state index contributed by atoms with van der Waals surface area (Å²) >= 11 is 0. The van der Waals surface area contributed by atoms with Gasteiger partial charge in [0, 0.05) is 45.3 Å². The van der Waals surface area contributed by atoms with Crippen LogP contribution < -0.4 is 15.8 Å². The molecular formula is C25H35N5O7S. The molecule has 3 heterocycles. The summed E-state index contributed by atoms with van der Waals surface area (Å²) in [6.07, 6.45) is 4.02. The number of ether oxygens (including phenoxy) is 1. The Morgan fingerprint density at radius 1 is 1.00 bits per heavy atom. The number of fused-ring (bicyclic) bond motifs is 1. The molecule has 2 saturated heterocycles. The zero-order valence-electron chi connectivity index (χ0n) is 21.3. The van der Waals surface area contributed by atoms with Crippen molar-refractivity contribution in [1.82, 2.24) is 19.2 Å². The minimum Gasteiger partial charge on any atom is -0.381 e. The van der Waals surface area contributed by atoms with Crippen molar-refractivity contribution in [3.63, 3.8) is 0 Å². The molecule has 2 fully saturated rings. The number of hydrogen-bond donors (Lipinski definition) is 3. The maximum absolute atomic E-state index is 13.1. The van der Waals surface area contributed by atoms with Crippen LogP contribution >= 0.6 is 0 Å². The molecule has 4 rings (SSSR count). The number of aryl methyl sites for hydroxylation is 1. The first-order valence-corrected chi connectivity index (χ1v) is 14.5. The molecule has 13 heteroatoms. The van der Waals surface area contributed by atoms with Crippen LogP contribution in [0.25, 0.3) is 0 Å². The Morgan fingerprint density at radius 3 is 2.47 bits per heavy atom. The molecule has 1 aromatic carbocycles. The normalized spacial score (nSPS) is 21.2. The molecular weight excluding hydrogens is 514 g/mol. The zero-order valence-corrected chi connectivity index (χ0v) is 22.1. The van der Waals surface area contributed by atoms with Gasteiger partial charge in [0.15, 0.2) is 0 Å². The number of benzene rings is 1. The number of carbonyl (C=O) groups is 4. The topological polar surface area (TPSA) is 168 Å². The van der Waals surface area contributed by atoms with Gasteiger partial charge in [-0.15, -0.1) is 0 Å². The smallest absolute Gasteiger partial charge is 0.279 e. The van der Waals surface area contributed by atoms with Crippen LogP contribution in [-0.4, -0.2) is 86.2 Å². The third kappa shape index (κ3) is 6.46. The van der Waals surface area contributed by atoms with Gasteiger partial charge in [-0.1, -0.05) is 12.1 Å². The fourth-order valence-electron chi connectivity index (χ4n) is 5.00. The Morgan fingerprint density at radius 2 is 1.74 bits per heavy atom. The number of amides is 4. The van der Waals surface area contributed by atoms with E-state index in [4.69, 9.17) is 10.5 Å². The Hall–Kier alpha value is -2.71. The monoisotopic (exact) mass is 549 g/mol. The minimum absolute atomic E-state index is 0.0666. The van der Waals surface area contributed by atoms with Gasteiger partial charge in [-0.05, 0) is 56.6 Å². The summed E-state index contributed by atoms with van der Waals surface area (Å²) < 4.78 is 34.4. The Kier molecular flexibility index (Phi) is 9.26. The van der Waals surface area contributed by atoms with E-state index >= 15 is 0 Å². The maximum atomic E-state index is 13.1. The molecule has 0 bridgehead atoms. The number of hydrogen-bond acceptors (Lipinski definition) is 8. The summed E-state index contributed by atoms with van der Waals surface area (Å²) in [5, 5.41) is 2.20. The van der Waals surface area contributed by atoms with Gasteiger partial charge in [-0.2, -0.15) is 12.7 Å². The average molecular weight is 550 g/mol. The molecule has 4 amide bonds. The number of nitrogens with zero attached hydrogens (tertiary/aromatic N) is 2. The van der Waals surface area contributed by atoms with Crippen molar-refractivity contribution in [3.05, 3.63) is 34.9 Å². The first kappa shape index (κ1) is 28.3. The summed E-state index contributed by atoms with van der Waals surface area (Å²) in [6, 6.07) is 4.17. The second-order valence-corrected chi connectivity index (χ2v) is 11.6. The van der Waals surface area contributed by atoms with Gasteiger partial charge in [0.2, 0.25) is 11.8 Å². The number of imide groups is 2. The molecule has 0 radical (unpaired) electrons. The van der Waals surface area contributed by atoms with Crippen LogP contribution in [0, 0.1) is 0 Å². The molecule has 0 aliphatic carbocycles. The van der Waals surface area contributed by atoms with Crippen molar-refractivity contribution in [2.24, 2.45) is 5.73 Å². The van der Waals surface area contributed by atoms with Gasteiger partial charge in [0.25, 0.3) is 22.0 Å². The summed E-state index contributed by atoms with van der Waals surface area (Å²) in [5.74, 6) is -2.06. The Labute approximate surface area is 222 Å². The second-order valence-electron chi connectivity index (χ2n) is 9.85. The largest absolute Gasteiger partial charge is 0.381 e. The van der Waals surface area contributed by atoms with Crippen LogP contribution in [0.2, 0.25) is 0 Å². The molecule has 3 aliphatic heterocycles. The van der Waals surface area contributed by atoms with Crippen molar-refractivity contribution in [2.45, 2.75) is 63.5 Å². The minimum atomic E-state index is -3.47. The Balaban J connectivity index is 1.17. The van der Waals surface area contributed by atoms with Crippen molar-refractivity contribution in [2.75, 3.05) is 32.8 Å². The van der Waals surface area contributed by atoms with E-state index in [1.807, 2.05) is 0 Å². The van der Waals surface area contributed by atoms with Crippen molar-refractivity contribution in [3.8, 4) is 0 Å². The van der Waals surface area contributed by atoms with Crippen LogP contribution in [0.4, 0.5) is 0 Å². The highest BCUT2D eigenvalue weighted by atomic mass is 32.2. The summed E-state index contributed by atoms with van der Waals surface area (Å²) in [5.41, 5.74) is 7.13. The van der Waals surface area contributed by atoms with Crippen molar-refractivity contribution >= 4 is 33.8 Å². The summed E-state index contributed by atoms with van der Waals surface area (Å²) in [7, 11) is -3.47. The molecule has 4 N–H and O–H groups in total. The predicted octanol–water partition coefficient (Wildman–Crippen LogP) is 0.0747. The van der Waals surface area contributed by atoms with E-state index in [1.165, 1.54) is 4.31 Å². The molecule has 0 aromatic heterocycles. The molecule has 208 valence electrons. The molecule has 12 nitrogen and oxygen atoms in total. The number of unbranched alkanes of at least 4 members (excludes halogenated alkanes) is 1. The average Bonchev–Trinajstić information content (AvgIpc) is 3.13. The van der Waals surface area contributed by atoms with Gasteiger partial charge >= 0.3 is 0 Å². The van der Waals surface area contributed by atoms with E-state index in [-0.39, 0.29) is 24.4 Å². The van der Waals surface area contributed by atoms with E-state index in [1.54, 1.807) is 18.2 Å². The molecule has 38 heavy (non-hydrogen) atoms. The molecule has 1 aromatic rings. The number of nitrogens with two attached hydrogens (primary N) is 1. The fraction of sp³-hybridized carbons (Fsp3) is 0.600. The third-order valence-electron chi connectivity index (χ3n) is 7.13. The van der Waals surface area contributed by atoms with E-state index < -0.39 is 39.9 Å². The second kappa shape index (κ2) is 12.4. The van der Waals surface area contributed by atoms with Crippen LogP contribution in [0.15, 0.2) is 18.2 Å². The van der Waals surface area contributed by atoms with Gasteiger partial charge in [0.1, 0.15) is 6.04 Å². The lowest BCUT2D eigenvalue weighted by Crippen LogP contribution is -2.54. The summed E-state index contributed by atoms with van der Waals surface area (Å²) in [4.78, 5) is 50.7. The van der Waals surface area contributed by atoms with E-state index in [0.717, 1.165) is 4.90 Å². The van der Waals surface area contributed by atoms with E-state index in [9.17, 15) is 27.6 Å². The fourth-order valence-corrected chi connectivity index (χ4v) is 6.27. The van der Waals surface area contributed by atoms with E-state index in [2.05, 4.69) is 10.0 Å². The SMILES string of the molecule is NC1CCN(S(=O)(=O)NCCCCOCCCc2cccc3c2C(=O)N(C2CCC(=O)NC2=O)C3=O)CC1. The zero-order chi connectivity index (χ0) is 27.3. The highest BCUT2D eigenvalue weighted by molar-refractivity contribution is 7.87. The lowest BCUT2D eigenvalue weighted by atomic mass is 9.99. The van der Waals surface area contributed by atoms with Gasteiger partial charge in [0.05, 0.1) is 11.1 Å². The first-order valence-electron chi connectivity index (χ1n) is 13.1. The number of nitrogens with one attached hydrogen (secondary N) is 2. The van der Waals surface area contributed by atoms with Crippen molar-refractivity contribution < 1.29 is 32.3 Å². The maximum Gasteiger partial charge on any atom is 0.279 e. The molecule has 0 spiro atoms. The molecule has 1 unspecified atom stereocenters. The third-order valence-corrected chi connectivity index (χ3v) is 8.74. The summed E-state index contributed by atoms with van der Waals surface area (Å²) in [6.45, 7) is 2.15. The predicted molar refractivity (Wildman–Crippen MR) is 137 cm³/mol. The molecule has 1 atom stereocenters. The molecule has 0 saturated carbocycles. The highest BCUT2D eigenvalue weighted by Gasteiger charge is 2.45. The van der Waals surface area contributed by atoms with Crippen LogP contribution in [-0.2, 0) is 31.0 Å². The Bertz CT molecular complexity index is 1180. The van der Waals surface area contributed by atoms with Crippen LogP contribution in [0.3, 0.4) is 0 Å². The number of carbonyl (C=O) groups excluding carboxylic acids is 4. The number of rotatable bonds is 12.